The largest absolute Gasteiger partial charge is 0.416 e. The first-order valence-corrected chi connectivity index (χ1v) is 13.8. The number of anilines is 1. The normalized spacial score (nSPS) is 15.5. The minimum atomic E-state index is -4.47. The van der Waals surface area contributed by atoms with Crippen molar-refractivity contribution < 1.29 is 22.8 Å². The maximum atomic E-state index is 13.5. The van der Waals surface area contributed by atoms with Gasteiger partial charge in [-0.3, -0.25) is 20.3 Å². The number of nitrogens with one attached hydrogen (secondary N) is 4. The average molecular weight is 577 g/mol. The lowest BCUT2D eigenvalue weighted by Crippen LogP contribution is -2.43. The summed E-state index contributed by atoms with van der Waals surface area (Å²) < 4.78 is 39.5. The highest BCUT2D eigenvalue weighted by atomic mass is 19.4. The molecule has 0 aromatic heterocycles. The number of guanidine groups is 1. The van der Waals surface area contributed by atoms with E-state index in [9.17, 15) is 22.8 Å². The van der Waals surface area contributed by atoms with Crippen LogP contribution in [-0.2, 0) is 17.5 Å². The lowest BCUT2D eigenvalue weighted by molar-refractivity contribution is -0.137. The smallest absolute Gasteiger partial charge is 0.304 e. The number of carbonyl (C=O) groups excluding carboxylic acids is 2. The van der Waals surface area contributed by atoms with Gasteiger partial charge in [-0.15, -0.1) is 10.6 Å². The summed E-state index contributed by atoms with van der Waals surface area (Å²) in [5.74, 6) is -0.0167. The average Bonchev–Trinajstić information content (AvgIpc) is 3.52. The number of hydrazine groups is 2. The Morgan fingerprint density at radius 3 is 2.38 bits per heavy atom. The van der Waals surface area contributed by atoms with Gasteiger partial charge in [-0.2, -0.15) is 13.2 Å². The molecule has 0 unspecified atom stereocenters. The third kappa shape index (κ3) is 7.35. The predicted molar refractivity (Wildman–Crippen MR) is 155 cm³/mol. The van der Waals surface area contributed by atoms with Gasteiger partial charge >= 0.3 is 6.18 Å². The first kappa shape index (κ1) is 28.9. The molecule has 2 amide bonds. The molecule has 3 aromatic rings. The number of carbonyl (C=O) groups is 2. The number of amides is 2. The summed E-state index contributed by atoms with van der Waals surface area (Å²) in [5.41, 5.74) is 10.2. The number of hydrogen-bond acceptors (Lipinski definition) is 6. The molecule has 1 aliphatic carbocycles. The lowest BCUT2D eigenvalue weighted by atomic mass is 9.84. The molecule has 4 N–H and O–H groups in total. The van der Waals surface area contributed by atoms with E-state index in [2.05, 4.69) is 39.0 Å². The molecule has 0 bridgehead atoms. The monoisotopic (exact) mass is 576 g/mol. The Kier molecular flexibility index (Phi) is 8.87. The van der Waals surface area contributed by atoms with Crippen LogP contribution in [0.25, 0.3) is 6.08 Å². The molecule has 2 aliphatic rings. The van der Waals surface area contributed by atoms with Crippen molar-refractivity contribution in [3.63, 3.8) is 0 Å². The molecule has 0 spiro atoms. The Bertz CT molecular complexity index is 1460. The fourth-order valence-corrected chi connectivity index (χ4v) is 5.12. The van der Waals surface area contributed by atoms with Gasteiger partial charge in [-0.25, -0.2) is 5.53 Å². The number of halogens is 3. The Morgan fingerprint density at radius 2 is 1.71 bits per heavy atom. The number of alkyl halides is 3. The van der Waals surface area contributed by atoms with E-state index in [1.54, 1.807) is 29.2 Å². The van der Waals surface area contributed by atoms with Crippen LogP contribution in [0, 0.1) is 0 Å². The van der Waals surface area contributed by atoms with Crippen molar-refractivity contribution in [2.45, 2.75) is 50.7 Å². The van der Waals surface area contributed by atoms with Gasteiger partial charge in [0.2, 0.25) is 5.96 Å². The summed E-state index contributed by atoms with van der Waals surface area (Å²) in [7, 11) is 0. The fourth-order valence-electron chi connectivity index (χ4n) is 5.12. The molecule has 5 rings (SSSR count). The van der Waals surface area contributed by atoms with E-state index in [0.29, 0.717) is 17.2 Å². The van der Waals surface area contributed by atoms with E-state index in [1.807, 2.05) is 12.1 Å². The number of hydrogen-bond donors (Lipinski definition) is 4. The minimum absolute atomic E-state index is 0.193. The molecular formula is C31H31F3N6O2. The van der Waals surface area contributed by atoms with Crippen LogP contribution in [0.2, 0.25) is 0 Å². The fraction of sp³-hybridized carbons (Fsp3) is 0.258. The third-order valence-corrected chi connectivity index (χ3v) is 7.37. The van der Waals surface area contributed by atoms with Crippen LogP contribution >= 0.6 is 0 Å². The van der Waals surface area contributed by atoms with Gasteiger partial charge < -0.3 is 4.90 Å². The third-order valence-electron chi connectivity index (χ3n) is 7.37. The van der Waals surface area contributed by atoms with E-state index >= 15 is 0 Å². The van der Waals surface area contributed by atoms with Crippen LogP contribution in [0.1, 0.15) is 70.6 Å². The highest BCUT2D eigenvalue weighted by Gasteiger charge is 2.30. The molecular weight excluding hydrogens is 545 g/mol. The Hall–Kier alpha value is -4.64. The lowest BCUT2D eigenvalue weighted by Gasteiger charge is -2.25. The Morgan fingerprint density at radius 1 is 0.976 bits per heavy atom. The second-order valence-electron chi connectivity index (χ2n) is 10.3. The molecule has 0 radical (unpaired) electrons. The maximum Gasteiger partial charge on any atom is 0.416 e. The van der Waals surface area contributed by atoms with Crippen molar-refractivity contribution in [2.75, 3.05) is 4.90 Å². The summed E-state index contributed by atoms with van der Waals surface area (Å²) in [6.07, 6.45) is 4.18. The molecule has 1 aliphatic heterocycles. The summed E-state index contributed by atoms with van der Waals surface area (Å²) in [6, 6.07) is 19.6. The van der Waals surface area contributed by atoms with E-state index < -0.39 is 11.7 Å². The van der Waals surface area contributed by atoms with E-state index in [1.165, 1.54) is 49.1 Å². The number of nitrogens with zero attached hydrogens (tertiary/aromatic N) is 2. The molecule has 1 saturated carbocycles. The van der Waals surface area contributed by atoms with E-state index in [-0.39, 0.29) is 29.9 Å². The van der Waals surface area contributed by atoms with Crippen LogP contribution in [0.5, 0.6) is 0 Å². The van der Waals surface area contributed by atoms with Gasteiger partial charge in [0.1, 0.15) is 0 Å². The van der Waals surface area contributed by atoms with Gasteiger partial charge in [0.15, 0.2) is 0 Å². The number of rotatable bonds is 7. The molecule has 3 aromatic carbocycles. The van der Waals surface area contributed by atoms with Crippen LogP contribution in [0.4, 0.5) is 18.9 Å². The molecule has 0 saturated heterocycles. The second-order valence-corrected chi connectivity index (χ2v) is 10.3. The molecule has 218 valence electrons. The van der Waals surface area contributed by atoms with Gasteiger partial charge in [0, 0.05) is 17.3 Å². The number of hydrazone groups is 1. The molecule has 8 nitrogen and oxygen atoms in total. The maximum absolute atomic E-state index is 13.5. The van der Waals surface area contributed by atoms with Gasteiger partial charge in [0.25, 0.3) is 11.8 Å². The van der Waals surface area contributed by atoms with Crippen molar-refractivity contribution in [1.82, 2.24) is 21.8 Å². The summed E-state index contributed by atoms with van der Waals surface area (Å²) >= 11 is 0. The van der Waals surface area contributed by atoms with E-state index in [4.69, 9.17) is 0 Å². The zero-order chi connectivity index (χ0) is 29.5. The summed E-state index contributed by atoms with van der Waals surface area (Å²) in [4.78, 5) is 27.5. The van der Waals surface area contributed by atoms with Crippen LogP contribution in [-0.4, -0.2) is 17.8 Å². The van der Waals surface area contributed by atoms with Crippen molar-refractivity contribution >= 4 is 29.5 Å². The molecule has 1 heterocycles. The Labute approximate surface area is 241 Å². The van der Waals surface area contributed by atoms with Crippen LogP contribution < -0.4 is 26.7 Å². The SMILES string of the molecule is O=C(NC1=NNNN1)c1ccc(CN(C(=O)C=Cc2cccc(C(F)(F)F)c2)c2ccc(C3CCCCC3)cc2)cc1. The highest BCUT2D eigenvalue weighted by Crippen LogP contribution is 2.34. The zero-order valence-electron chi connectivity index (χ0n) is 22.7. The second kappa shape index (κ2) is 12.9. The Balaban J connectivity index is 1.36. The quantitative estimate of drug-likeness (QED) is 0.274. The van der Waals surface area contributed by atoms with Crippen molar-refractivity contribution in [3.8, 4) is 0 Å². The van der Waals surface area contributed by atoms with E-state index in [0.717, 1.165) is 30.5 Å². The van der Waals surface area contributed by atoms with Crippen molar-refractivity contribution in [2.24, 2.45) is 5.10 Å². The number of benzene rings is 3. The van der Waals surface area contributed by atoms with Crippen molar-refractivity contribution in [1.29, 1.82) is 0 Å². The molecule has 0 atom stereocenters. The zero-order valence-corrected chi connectivity index (χ0v) is 22.7. The van der Waals surface area contributed by atoms with Gasteiger partial charge in [0.05, 0.1) is 12.1 Å². The standard InChI is InChI=1S/C31H31F3N6O2/c32-31(33,34)26-8-4-5-21(19-26)11-18-28(41)40(27-16-14-24(15-17-27)23-6-2-1-3-7-23)20-22-9-12-25(13-10-22)29(42)35-30-36-38-39-37-30/h4-5,8-19,23,38-39H,1-3,6-7,20H2,(H2,35,36,37,42). The van der Waals surface area contributed by atoms with Crippen molar-refractivity contribution in [3.05, 3.63) is 107 Å². The van der Waals surface area contributed by atoms with Crippen LogP contribution in [0.3, 0.4) is 0 Å². The molecule has 42 heavy (non-hydrogen) atoms. The topological polar surface area (TPSA) is 97.9 Å². The summed E-state index contributed by atoms with van der Waals surface area (Å²) in [6.45, 7) is 0.193. The first-order chi connectivity index (χ1) is 20.3. The van der Waals surface area contributed by atoms with Gasteiger partial charge in [-0.1, -0.05) is 55.7 Å². The molecule has 1 fully saturated rings. The van der Waals surface area contributed by atoms with Crippen LogP contribution in [0.15, 0.2) is 84.0 Å². The molecule has 11 heteroatoms. The minimum Gasteiger partial charge on any atom is -0.304 e. The summed E-state index contributed by atoms with van der Waals surface area (Å²) in [5, 5.41) is 6.42. The first-order valence-electron chi connectivity index (χ1n) is 13.8. The highest BCUT2D eigenvalue weighted by molar-refractivity contribution is 6.06. The van der Waals surface area contributed by atoms with Gasteiger partial charge in [-0.05, 0) is 77.9 Å². The predicted octanol–water partition coefficient (Wildman–Crippen LogP) is 5.61.